The van der Waals surface area contributed by atoms with Crippen LogP contribution in [0.4, 0.5) is 8.78 Å². The van der Waals surface area contributed by atoms with Gasteiger partial charge in [0.1, 0.15) is 0 Å². The average Bonchev–Trinajstić information content (AvgIpc) is 2.45. The van der Waals surface area contributed by atoms with Crippen LogP contribution in [0.2, 0.25) is 0 Å². The number of carbonyl (C=O) groups excluding carboxylic acids is 1. The second-order valence-electron chi connectivity index (χ2n) is 4.89. The van der Waals surface area contributed by atoms with Crippen LogP contribution >= 0.6 is 0 Å². The third kappa shape index (κ3) is 4.23. The maximum absolute atomic E-state index is 12.4. The van der Waals surface area contributed by atoms with Crippen molar-refractivity contribution < 1.29 is 22.0 Å². The van der Waals surface area contributed by atoms with Gasteiger partial charge in [0.25, 0.3) is 0 Å². The molecular formula is C14H19F2NO3S. The Labute approximate surface area is 123 Å². The zero-order valence-corrected chi connectivity index (χ0v) is 13.0. The standard InChI is InChI=1S/C14H19F2NO3S/c1-4-10(2)17(3)13(18)9-11-5-7-12(8-6-11)21(19,20)14(15)16/h5-8,10,14H,4,9H2,1-3H3. The van der Waals surface area contributed by atoms with Crippen LogP contribution in [0.1, 0.15) is 25.8 Å². The normalized spacial score (nSPS) is 13.2. The van der Waals surface area contributed by atoms with E-state index >= 15 is 0 Å². The molecule has 0 aliphatic heterocycles. The van der Waals surface area contributed by atoms with Gasteiger partial charge in [0.2, 0.25) is 15.7 Å². The molecule has 1 rings (SSSR count). The van der Waals surface area contributed by atoms with Crippen molar-refractivity contribution in [2.75, 3.05) is 7.05 Å². The molecule has 0 aliphatic carbocycles. The Balaban J connectivity index is 2.83. The second kappa shape index (κ2) is 6.98. The molecule has 1 amide bonds. The van der Waals surface area contributed by atoms with Crippen molar-refractivity contribution in [3.05, 3.63) is 29.8 Å². The summed E-state index contributed by atoms with van der Waals surface area (Å²) < 4.78 is 47.3. The highest BCUT2D eigenvalue weighted by Crippen LogP contribution is 2.19. The van der Waals surface area contributed by atoms with Gasteiger partial charge < -0.3 is 4.90 Å². The zero-order chi connectivity index (χ0) is 16.2. The molecule has 0 radical (unpaired) electrons. The van der Waals surface area contributed by atoms with Crippen molar-refractivity contribution in [3.8, 4) is 0 Å². The van der Waals surface area contributed by atoms with Crippen molar-refractivity contribution in [1.82, 2.24) is 4.90 Å². The summed E-state index contributed by atoms with van der Waals surface area (Å²) in [6.45, 7) is 3.90. The molecule has 1 unspecified atom stereocenters. The number of nitrogens with zero attached hydrogens (tertiary/aromatic N) is 1. The molecule has 0 aliphatic rings. The molecule has 0 spiro atoms. The Bertz CT molecular complexity index is 585. The lowest BCUT2D eigenvalue weighted by Crippen LogP contribution is -2.35. The van der Waals surface area contributed by atoms with Crippen LogP contribution in [0, 0.1) is 0 Å². The van der Waals surface area contributed by atoms with Crippen LogP contribution in [0.5, 0.6) is 0 Å². The molecule has 0 heterocycles. The molecule has 21 heavy (non-hydrogen) atoms. The van der Waals surface area contributed by atoms with Crippen LogP contribution in [0.3, 0.4) is 0 Å². The molecule has 0 aromatic heterocycles. The fourth-order valence-corrected chi connectivity index (χ4v) is 2.44. The maximum atomic E-state index is 12.4. The molecule has 1 atom stereocenters. The monoisotopic (exact) mass is 319 g/mol. The van der Waals surface area contributed by atoms with Gasteiger partial charge in [-0.25, -0.2) is 8.42 Å². The number of hydrogen-bond donors (Lipinski definition) is 0. The molecule has 0 saturated heterocycles. The SMILES string of the molecule is CCC(C)N(C)C(=O)Cc1ccc(S(=O)(=O)C(F)F)cc1. The second-order valence-corrected chi connectivity index (χ2v) is 6.81. The van der Waals surface area contributed by atoms with E-state index in [1.54, 1.807) is 11.9 Å². The van der Waals surface area contributed by atoms with E-state index in [0.717, 1.165) is 18.6 Å². The van der Waals surface area contributed by atoms with E-state index in [-0.39, 0.29) is 18.4 Å². The summed E-state index contributed by atoms with van der Waals surface area (Å²) in [7, 11) is -2.88. The Morgan fingerprint density at radius 3 is 2.19 bits per heavy atom. The number of benzene rings is 1. The van der Waals surface area contributed by atoms with E-state index in [4.69, 9.17) is 0 Å². The van der Waals surface area contributed by atoms with Crippen molar-refractivity contribution in [1.29, 1.82) is 0 Å². The fraction of sp³-hybridized carbons (Fsp3) is 0.500. The van der Waals surface area contributed by atoms with Crippen LogP contribution in [0.25, 0.3) is 0 Å². The summed E-state index contributed by atoms with van der Waals surface area (Å²) in [5.74, 6) is -3.55. The highest BCUT2D eigenvalue weighted by atomic mass is 32.2. The Morgan fingerprint density at radius 2 is 1.76 bits per heavy atom. The largest absolute Gasteiger partial charge is 0.343 e. The summed E-state index contributed by atoms with van der Waals surface area (Å²) in [4.78, 5) is 13.2. The molecule has 0 fully saturated rings. The number of likely N-dealkylation sites (N-methyl/N-ethyl adjacent to an activating group) is 1. The van der Waals surface area contributed by atoms with E-state index in [2.05, 4.69) is 0 Å². The fourth-order valence-electron chi connectivity index (χ4n) is 1.72. The van der Waals surface area contributed by atoms with E-state index in [9.17, 15) is 22.0 Å². The first kappa shape index (κ1) is 17.6. The number of amides is 1. The molecular weight excluding hydrogens is 300 g/mol. The lowest BCUT2D eigenvalue weighted by Gasteiger charge is -2.23. The number of sulfone groups is 1. The minimum atomic E-state index is -4.58. The third-order valence-corrected chi connectivity index (χ3v) is 4.89. The van der Waals surface area contributed by atoms with Gasteiger partial charge in [-0.1, -0.05) is 19.1 Å². The van der Waals surface area contributed by atoms with E-state index < -0.39 is 20.5 Å². The Kier molecular flexibility index (Phi) is 5.83. The summed E-state index contributed by atoms with van der Waals surface area (Å²) in [6, 6.07) is 5.09. The average molecular weight is 319 g/mol. The Hall–Kier alpha value is -1.50. The van der Waals surface area contributed by atoms with Crippen molar-refractivity contribution in [2.45, 2.75) is 43.4 Å². The van der Waals surface area contributed by atoms with Gasteiger partial charge in [-0.05, 0) is 31.0 Å². The van der Waals surface area contributed by atoms with Gasteiger partial charge in [-0.2, -0.15) is 8.78 Å². The number of alkyl halides is 2. The zero-order valence-electron chi connectivity index (χ0n) is 12.2. The molecule has 0 bridgehead atoms. The van der Waals surface area contributed by atoms with Gasteiger partial charge in [0, 0.05) is 13.1 Å². The number of hydrogen-bond acceptors (Lipinski definition) is 3. The first-order chi connectivity index (χ1) is 9.70. The molecule has 0 N–H and O–H groups in total. The van der Waals surface area contributed by atoms with Crippen LogP contribution in [-0.4, -0.2) is 38.1 Å². The summed E-state index contributed by atoms with van der Waals surface area (Å²) >= 11 is 0. The van der Waals surface area contributed by atoms with Crippen molar-refractivity contribution in [2.24, 2.45) is 0 Å². The highest BCUT2D eigenvalue weighted by Gasteiger charge is 2.26. The van der Waals surface area contributed by atoms with Crippen molar-refractivity contribution in [3.63, 3.8) is 0 Å². The van der Waals surface area contributed by atoms with E-state index in [0.29, 0.717) is 5.56 Å². The molecule has 4 nitrogen and oxygen atoms in total. The smallest absolute Gasteiger partial charge is 0.341 e. The van der Waals surface area contributed by atoms with Gasteiger partial charge >= 0.3 is 5.76 Å². The lowest BCUT2D eigenvalue weighted by molar-refractivity contribution is -0.131. The van der Waals surface area contributed by atoms with Gasteiger partial charge in [-0.3, -0.25) is 4.79 Å². The molecule has 7 heteroatoms. The highest BCUT2D eigenvalue weighted by molar-refractivity contribution is 7.91. The van der Waals surface area contributed by atoms with Gasteiger partial charge in [-0.15, -0.1) is 0 Å². The van der Waals surface area contributed by atoms with Crippen LogP contribution in [-0.2, 0) is 21.1 Å². The number of rotatable bonds is 6. The van der Waals surface area contributed by atoms with Crippen LogP contribution in [0.15, 0.2) is 29.2 Å². The summed E-state index contributed by atoms with van der Waals surface area (Å²) in [5, 5.41) is 0. The van der Waals surface area contributed by atoms with Crippen LogP contribution < -0.4 is 0 Å². The predicted molar refractivity (Wildman–Crippen MR) is 75.9 cm³/mol. The third-order valence-electron chi connectivity index (χ3n) is 3.49. The molecule has 118 valence electrons. The minimum absolute atomic E-state index is 0.103. The van der Waals surface area contributed by atoms with Gasteiger partial charge in [0.15, 0.2) is 0 Å². The predicted octanol–water partition coefficient (Wildman–Crippen LogP) is 2.48. The number of halogens is 2. The topological polar surface area (TPSA) is 54.5 Å². The van der Waals surface area contributed by atoms with Crippen molar-refractivity contribution >= 4 is 15.7 Å². The first-order valence-corrected chi connectivity index (χ1v) is 8.11. The van der Waals surface area contributed by atoms with E-state index in [1.165, 1.54) is 12.1 Å². The molecule has 0 saturated carbocycles. The Morgan fingerprint density at radius 1 is 1.24 bits per heavy atom. The maximum Gasteiger partial charge on any atom is 0.341 e. The van der Waals surface area contributed by atoms with Gasteiger partial charge in [0.05, 0.1) is 11.3 Å². The number of carbonyl (C=O) groups is 1. The summed E-state index contributed by atoms with van der Waals surface area (Å²) in [5.41, 5.74) is 0.586. The summed E-state index contributed by atoms with van der Waals surface area (Å²) in [6.07, 6.45) is 0.934. The van der Waals surface area contributed by atoms with E-state index in [1.807, 2.05) is 13.8 Å². The molecule has 1 aromatic carbocycles. The quantitative estimate of drug-likeness (QED) is 0.809. The lowest BCUT2D eigenvalue weighted by atomic mass is 10.1. The molecule has 1 aromatic rings. The minimum Gasteiger partial charge on any atom is -0.343 e. The first-order valence-electron chi connectivity index (χ1n) is 6.56.